The lowest BCUT2D eigenvalue weighted by Crippen LogP contribution is -2.64. The van der Waals surface area contributed by atoms with E-state index in [1.165, 1.54) is 18.7 Å². The van der Waals surface area contributed by atoms with Crippen molar-refractivity contribution in [1.82, 2.24) is 15.5 Å². The average molecular weight is 458 g/mol. The number of hydrogen-bond acceptors (Lipinski definition) is 9. The van der Waals surface area contributed by atoms with Crippen LogP contribution < -0.4 is 10.6 Å². The third-order valence-corrected chi connectivity index (χ3v) is 5.55. The van der Waals surface area contributed by atoms with Gasteiger partial charge in [-0.3, -0.25) is 14.5 Å². The molecule has 2 atom stereocenters. The topological polar surface area (TPSA) is 183 Å². The Morgan fingerprint density at radius 2 is 1.09 bits per heavy atom. The number of carbonyl (C=O) groups is 2. The van der Waals surface area contributed by atoms with Gasteiger partial charge in [0.1, 0.15) is 11.1 Å². The van der Waals surface area contributed by atoms with Crippen LogP contribution in [0.2, 0.25) is 0 Å². The maximum atomic E-state index is 12.9. The number of rotatable bonds is 14. The zero-order chi connectivity index (χ0) is 24.4. The maximum absolute atomic E-state index is 12.9. The summed E-state index contributed by atoms with van der Waals surface area (Å²) < 4.78 is 0. The molecule has 8 N–H and O–H groups in total. The summed E-state index contributed by atoms with van der Waals surface area (Å²) in [6, 6.07) is 7.12. The van der Waals surface area contributed by atoms with Crippen molar-refractivity contribution in [3.05, 3.63) is 35.9 Å². The third kappa shape index (κ3) is 6.94. The van der Waals surface area contributed by atoms with Crippen LogP contribution in [0.4, 0.5) is 0 Å². The average Bonchev–Trinajstić information content (AvgIpc) is 2.84. The minimum absolute atomic E-state index is 0.165. The van der Waals surface area contributed by atoms with E-state index in [9.17, 15) is 40.2 Å². The number of carbonyl (C=O) groups excluding carboxylic acids is 2. The molecule has 1 aromatic rings. The Kier molecular flexibility index (Phi) is 11.2. The monoisotopic (exact) mass is 457 g/mol. The summed E-state index contributed by atoms with van der Waals surface area (Å²) in [4.78, 5) is 27.4. The van der Waals surface area contributed by atoms with Crippen molar-refractivity contribution in [3.8, 4) is 0 Å². The van der Waals surface area contributed by atoms with E-state index in [-0.39, 0.29) is 6.54 Å². The van der Waals surface area contributed by atoms with Crippen molar-refractivity contribution in [2.45, 2.75) is 43.6 Å². The van der Waals surface area contributed by atoms with Gasteiger partial charge in [-0.1, -0.05) is 30.3 Å². The molecular formula is C21H35N3O8. The van der Waals surface area contributed by atoms with Crippen molar-refractivity contribution >= 4 is 11.8 Å². The number of benzene rings is 1. The Balaban J connectivity index is 3.18. The fraction of sp³-hybridized carbons (Fsp3) is 0.619. The highest BCUT2D eigenvalue weighted by atomic mass is 16.3. The van der Waals surface area contributed by atoms with Crippen LogP contribution in [0.5, 0.6) is 0 Å². The van der Waals surface area contributed by atoms with Gasteiger partial charge in [0.15, 0.2) is 0 Å². The number of nitrogens with zero attached hydrogens (tertiary/aromatic N) is 1. The van der Waals surface area contributed by atoms with Crippen LogP contribution in [-0.4, -0.2) is 110 Å². The van der Waals surface area contributed by atoms with E-state index < -0.39 is 74.6 Å². The third-order valence-electron chi connectivity index (χ3n) is 5.55. The highest BCUT2D eigenvalue weighted by molar-refractivity contribution is 5.85. The Morgan fingerprint density at radius 3 is 1.41 bits per heavy atom. The molecule has 0 aliphatic rings. The van der Waals surface area contributed by atoms with Crippen molar-refractivity contribution in [2.24, 2.45) is 0 Å². The molecule has 182 valence electrons. The smallest absolute Gasteiger partial charge is 0.237 e. The summed E-state index contributed by atoms with van der Waals surface area (Å²) in [5.74, 6) is -1.29. The Labute approximate surface area is 187 Å². The molecule has 0 spiro atoms. The van der Waals surface area contributed by atoms with Gasteiger partial charge < -0.3 is 41.3 Å². The second kappa shape index (κ2) is 12.8. The molecule has 1 aromatic carbocycles. The number of aliphatic hydroxyl groups is 6. The zero-order valence-electron chi connectivity index (χ0n) is 18.4. The van der Waals surface area contributed by atoms with Gasteiger partial charge in [0, 0.05) is 6.54 Å². The van der Waals surface area contributed by atoms with Crippen LogP contribution in [-0.2, 0) is 16.1 Å². The van der Waals surface area contributed by atoms with Crippen molar-refractivity contribution < 1.29 is 40.2 Å². The number of hydrogen-bond donors (Lipinski definition) is 8. The predicted octanol–water partition coefficient (Wildman–Crippen LogP) is -3.07. The molecule has 2 unspecified atom stereocenters. The van der Waals surface area contributed by atoms with Crippen LogP contribution in [0, 0.1) is 0 Å². The molecule has 0 saturated carbocycles. The molecule has 0 fully saturated rings. The summed E-state index contributed by atoms with van der Waals surface area (Å²) in [6.45, 7) is -0.958. The second-order valence-electron chi connectivity index (χ2n) is 8.00. The molecule has 0 heterocycles. The standard InChI is InChI=1S/C21H35N3O8/c1-15(18(31)22-20(9-25,10-26)11-27)24(8-17-6-4-3-5-7-17)16(2)19(32)23-21(12-28,13-29)14-30/h3-7,15-16,25-30H,8-14H2,1-2H3,(H,22,31)(H,23,32). The molecule has 0 aromatic heterocycles. The first-order valence-corrected chi connectivity index (χ1v) is 10.3. The highest BCUT2D eigenvalue weighted by Gasteiger charge is 2.38. The van der Waals surface area contributed by atoms with E-state index in [1.54, 1.807) is 24.3 Å². The number of amides is 2. The fourth-order valence-corrected chi connectivity index (χ4v) is 2.97. The number of nitrogens with one attached hydrogen (secondary N) is 2. The van der Waals surface area contributed by atoms with E-state index in [0.29, 0.717) is 0 Å². The molecule has 0 bridgehead atoms. The summed E-state index contributed by atoms with van der Waals surface area (Å²) in [6.07, 6.45) is 0. The van der Waals surface area contributed by atoms with Crippen LogP contribution in [0.25, 0.3) is 0 Å². The largest absolute Gasteiger partial charge is 0.394 e. The minimum Gasteiger partial charge on any atom is -0.394 e. The first-order valence-electron chi connectivity index (χ1n) is 10.3. The summed E-state index contributed by atoms with van der Waals surface area (Å²) in [5.41, 5.74) is -2.47. The van der Waals surface area contributed by atoms with E-state index in [2.05, 4.69) is 10.6 Å². The predicted molar refractivity (Wildman–Crippen MR) is 115 cm³/mol. The van der Waals surface area contributed by atoms with E-state index in [0.717, 1.165) is 5.56 Å². The number of aliphatic hydroxyl groups excluding tert-OH is 6. The first kappa shape index (κ1) is 27.9. The Morgan fingerprint density at radius 1 is 0.750 bits per heavy atom. The van der Waals surface area contributed by atoms with Gasteiger partial charge in [0.2, 0.25) is 11.8 Å². The fourth-order valence-electron chi connectivity index (χ4n) is 2.97. The summed E-state index contributed by atoms with van der Waals surface area (Å²) >= 11 is 0. The molecule has 11 nitrogen and oxygen atoms in total. The van der Waals surface area contributed by atoms with Crippen molar-refractivity contribution in [2.75, 3.05) is 39.6 Å². The van der Waals surface area contributed by atoms with Gasteiger partial charge in [-0.25, -0.2) is 0 Å². The van der Waals surface area contributed by atoms with Crippen LogP contribution >= 0.6 is 0 Å². The second-order valence-corrected chi connectivity index (χ2v) is 8.00. The van der Waals surface area contributed by atoms with Gasteiger partial charge in [0.25, 0.3) is 0 Å². The van der Waals surface area contributed by atoms with Crippen LogP contribution in [0.15, 0.2) is 30.3 Å². The molecule has 0 radical (unpaired) electrons. The highest BCUT2D eigenvalue weighted by Crippen LogP contribution is 2.16. The normalized spacial score (nSPS) is 14.2. The Hall–Kier alpha value is -2.12. The molecule has 1 rings (SSSR count). The summed E-state index contributed by atoms with van der Waals surface area (Å²) in [7, 11) is 0. The van der Waals surface area contributed by atoms with Gasteiger partial charge in [-0.2, -0.15) is 0 Å². The lowest BCUT2D eigenvalue weighted by Gasteiger charge is -2.38. The molecule has 0 aliphatic heterocycles. The molecule has 0 saturated heterocycles. The summed E-state index contributed by atoms with van der Waals surface area (Å²) in [5, 5.41) is 61.9. The van der Waals surface area contributed by atoms with Crippen molar-refractivity contribution in [1.29, 1.82) is 0 Å². The van der Waals surface area contributed by atoms with E-state index >= 15 is 0 Å². The SMILES string of the molecule is CC(C(=O)NC(CO)(CO)CO)N(Cc1ccccc1)C(C)C(=O)NC(CO)(CO)CO. The van der Waals surface area contributed by atoms with E-state index in [4.69, 9.17) is 0 Å². The van der Waals surface area contributed by atoms with Crippen molar-refractivity contribution in [3.63, 3.8) is 0 Å². The lowest BCUT2D eigenvalue weighted by molar-refractivity contribution is -0.136. The van der Waals surface area contributed by atoms with Gasteiger partial charge >= 0.3 is 0 Å². The molecular weight excluding hydrogens is 422 g/mol. The maximum Gasteiger partial charge on any atom is 0.237 e. The van der Waals surface area contributed by atoms with Gasteiger partial charge in [-0.15, -0.1) is 0 Å². The zero-order valence-corrected chi connectivity index (χ0v) is 18.4. The molecule has 11 heteroatoms. The van der Waals surface area contributed by atoms with Crippen LogP contribution in [0.1, 0.15) is 19.4 Å². The van der Waals surface area contributed by atoms with Gasteiger partial charge in [0.05, 0.1) is 51.7 Å². The van der Waals surface area contributed by atoms with Gasteiger partial charge in [-0.05, 0) is 19.4 Å². The minimum atomic E-state index is -1.63. The quantitative estimate of drug-likeness (QED) is 0.144. The molecule has 2 amide bonds. The van der Waals surface area contributed by atoms with Crippen LogP contribution in [0.3, 0.4) is 0 Å². The Bertz CT molecular complexity index is 654. The van der Waals surface area contributed by atoms with E-state index in [1.807, 2.05) is 6.07 Å². The molecule has 0 aliphatic carbocycles. The lowest BCUT2D eigenvalue weighted by atomic mass is 10.0. The first-order chi connectivity index (χ1) is 15.2. The molecule has 32 heavy (non-hydrogen) atoms.